The van der Waals surface area contributed by atoms with E-state index in [0.717, 1.165) is 24.5 Å². The summed E-state index contributed by atoms with van der Waals surface area (Å²) in [5, 5.41) is 9.91. The van der Waals surface area contributed by atoms with Crippen LogP contribution in [0.15, 0.2) is 36.4 Å². The number of rotatable bonds is 4. The molecule has 1 aromatic heterocycles. The van der Waals surface area contributed by atoms with E-state index in [2.05, 4.69) is 4.98 Å². The van der Waals surface area contributed by atoms with E-state index in [4.69, 9.17) is 0 Å². The standard InChI is InChI=1S/C25H25F3N2O2/c26-18-5-3-15(4-6-18)23-22(20-10-19(27)11-21(28)24(20)29-23)16-8-17(9-16)25(32)30-7-1-2-14(12-30)13-31/h3-6,10-11,14,16-17,29,31H,1-2,7-9,12-13H2/t14-,16?,17?/m1/s1. The lowest BCUT2D eigenvalue weighted by molar-refractivity contribution is -0.140. The van der Waals surface area contributed by atoms with E-state index in [1.807, 2.05) is 4.90 Å². The maximum absolute atomic E-state index is 14.5. The molecule has 5 rings (SSSR count). The second-order valence-corrected chi connectivity index (χ2v) is 9.07. The number of aromatic amines is 1. The van der Waals surface area contributed by atoms with Gasteiger partial charge >= 0.3 is 0 Å². The van der Waals surface area contributed by atoms with Crippen molar-refractivity contribution in [2.24, 2.45) is 11.8 Å². The zero-order valence-electron chi connectivity index (χ0n) is 17.6. The summed E-state index contributed by atoms with van der Waals surface area (Å²) in [6.45, 7) is 1.38. The Balaban J connectivity index is 1.45. The quantitative estimate of drug-likeness (QED) is 0.599. The molecular weight excluding hydrogens is 417 g/mol. The third-order valence-electron chi connectivity index (χ3n) is 6.98. The number of hydrogen-bond acceptors (Lipinski definition) is 2. The van der Waals surface area contributed by atoms with Gasteiger partial charge in [0.05, 0.1) is 11.2 Å². The Morgan fingerprint density at radius 3 is 2.56 bits per heavy atom. The fraction of sp³-hybridized carbons (Fsp3) is 0.400. The second-order valence-electron chi connectivity index (χ2n) is 9.07. The zero-order valence-corrected chi connectivity index (χ0v) is 17.6. The first-order valence-electron chi connectivity index (χ1n) is 11.1. The number of hydrogen-bond donors (Lipinski definition) is 2. The van der Waals surface area contributed by atoms with E-state index < -0.39 is 11.6 Å². The molecule has 168 valence electrons. The van der Waals surface area contributed by atoms with Crippen LogP contribution in [-0.2, 0) is 4.79 Å². The first-order chi connectivity index (χ1) is 15.4. The minimum Gasteiger partial charge on any atom is -0.396 e. The van der Waals surface area contributed by atoms with Gasteiger partial charge in [-0.3, -0.25) is 4.79 Å². The molecule has 2 aliphatic rings. The van der Waals surface area contributed by atoms with Gasteiger partial charge in [0.1, 0.15) is 17.5 Å². The number of amides is 1. The molecule has 7 heteroatoms. The summed E-state index contributed by atoms with van der Waals surface area (Å²) in [4.78, 5) is 17.9. The number of H-pyrrole nitrogens is 1. The predicted octanol–water partition coefficient (Wildman–Crippen LogP) is 4.98. The van der Waals surface area contributed by atoms with Gasteiger partial charge in [-0.1, -0.05) is 0 Å². The third-order valence-corrected chi connectivity index (χ3v) is 6.98. The van der Waals surface area contributed by atoms with E-state index in [9.17, 15) is 23.1 Å². The smallest absolute Gasteiger partial charge is 0.225 e. The number of aliphatic hydroxyl groups excluding tert-OH is 1. The van der Waals surface area contributed by atoms with E-state index in [1.165, 1.54) is 18.2 Å². The van der Waals surface area contributed by atoms with Crippen molar-refractivity contribution in [3.8, 4) is 11.3 Å². The van der Waals surface area contributed by atoms with Gasteiger partial charge in [0, 0.05) is 37.1 Å². The predicted molar refractivity (Wildman–Crippen MR) is 115 cm³/mol. The summed E-state index contributed by atoms with van der Waals surface area (Å²) in [6, 6.07) is 8.07. The summed E-state index contributed by atoms with van der Waals surface area (Å²) in [7, 11) is 0. The number of carbonyl (C=O) groups is 1. The Kier molecular flexibility index (Phi) is 5.45. The highest BCUT2D eigenvalue weighted by Crippen LogP contribution is 2.49. The van der Waals surface area contributed by atoms with Gasteiger partial charge in [-0.2, -0.15) is 0 Å². The summed E-state index contributed by atoms with van der Waals surface area (Å²) in [6.07, 6.45) is 3.01. The number of aliphatic hydroxyl groups is 1. The van der Waals surface area contributed by atoms with Crippen molar-refractivity contribution in [3.05, 3.63) is 59.4 Å². The van der Waals surface area contributed by atoms with Crippen LogP contribution in [0.5, 0.6) is 0 Å². The van der Waals surface area contributed by atoms with Crippen LogP contribution in [0, 0.1) is 29.3 Å². The monoisotopic (exact) mass is 442 g/mol. The number of nitrogens with one attached hydrogen (secondary N) is 1. The molecule has 1 atom stereocenters. The van der Waals surface area contributed by atoms with Gasteiger partial charge in [-0.05, 0) is 79.0 Å². The number of halogens is 3. The number of likely N-dealkylation sites (tertiary alicyclic amines) is 1. The lowest BCUT2D eigenvalue weighted by Gasteiger charge is -2.40. The normalized spacial score (nSPS) is 23.4. The number of carbonyl (C=O) groups excluding carboxylic acids is 1. The molecule has 0 unspecified atom stereocenters. The number of benzene rings is 2. The highest BCUT2D eigenvalue weighted by molar-refractivity contribution is 5.92. The molecule has 0 spiro atoms. The summed E-state index contributed by atoms with van der Waals surface area (Å²) in [5.41, 5.74) is 2.32. The van der Waals surface area contributed by atoms with Crippen molar-refractivity contribution in [1.29, 1.82) is 0 Å². The molecule has 2 fully saturated rings. The van der Waals surface area contributed by atoms with Crippen molar-refractivity contribution >= 4 is 16.8 Å². The Bertz CT molecular complexity index is 1150. The van der Waals surface area contributed by atoms with Crippen LogP contribution < -0.4 is 0 Å². The molecular formula is C25H25F3N2O2. The van der Waals surface area contributed by atoms with Crippen LogP contribution in [0.4, 0.5) is 13.2 Å². The molecule has 3 aromatic rings. The number of piperidine rings is 1. The van der Waals surface area contributed by atoms with Gasteiger partial charge in [-0.25, -0.2) is 13.2 Å². The minimum absolute atomic E-state index is 0.0302. The van der Waals surface area contributed by atoms with Crippen LogP contribution in [0.2, 0.25) is 0 Å². The Morgan fingerprint density at radius 2 is 1.84 bits per heavy atom. The van der Waals surface area contributed by atoms with Gasteiger partial charge in [0.25, 0.3) is 0 Å². The minimum atomic E-state index is -0.676. The molecule has 1 saturated carbocycles. The first-order valence-corrected chi connectivity index (χ1v) is 11.1. The Morgan fingerprint density at radius 1 is 1.09 bits per heavy atom. The molecule has 2 N–H and O–H groups in total. The third kappa shape index (κ3) is 3.68. The molecule has 0 bridgehead atoms. The van der Waals surface area contributed by atoms with Crippen molar-refractivity contribution in [1.82, 2.24) is 9.88 Å². The van der Waals surface area contributed by atoms with Gasteiger partial charge in [-0.15, -0.1) is 0 Å². The highest BCUT2D eigenvalue weighted by atomic mass is 19.1. The lowest BCUT2D eigenvalue weighted by atomic mass is 9.69. The second kappa shape index (κ2) is 8.28. The van der Waals surface area contributed by atoms with E-state index >= 15 is 0 Å². The largest absolute Gasteiger partial charge is 0.396 e. The summed E-state index contributed by atoms with van der Waals surface area (Å²) in [5.74, 6) is -1.64. The van der Waals surface area contributed by atoms with Gasteiger partial charge in [0.15, 0.2) is 0 Å². The number of nitrogens with zero attached hydrogens (tertiary/aromatic N) is 1. The fourth-order valence-electron chi connectivity index (χ4n) is 5.24. The zero-order chi connectivity index (χ0) is 22.4. The molecule has 1 amide bonds. The van der Waals surface area contributed by atoms with Gasteiger partial charge in [0.2, 0.25) is 5.91 Å². The average Bonchev–Trinajstić information content (AvgIpc) is 3.12. The van der Waals surface area contributed by atoms with Gasteiger partial charge < -0.3 is 15.0 Å². The van der Waals surface area contributed by atoms with Crippen molar-refractivity contribution in [2.75, 3.05) is 19.7 Å². The topological polar surface area (TPSA) is 56.3 Å². The molecule has 1 aliphatic carbocycles. The Labute approximate surface area is 184 Å². The fourth-order valence-corrected chi connectivity index (χ4v) is 5.24. The number of aromatic nitrogens is 1. The summed E-state index contributed by atoms with van der Waals surface area (Å²) >= 11 is 0. The van der Waals surface area contributed by atoms with Crippen LogP contribution in [0.25, 0.3) is 22.2 Å². The van der Waals surface area contributed by atoms with Crippen molar-refractivity contribution < 1.29 is 23.1 Å². The van der Waals surface area contributed by atoms with E-state index in [1.54, 1.807) is 12.1 Å². The average molecular weight is 442 g/mol. The molecule has 2 aromatic carbocycles. The van der Waals surface area contributed by atoms with E-state index in [0.29, 0.717) is 42.6 Å². The number of fused-ring (bicyclic) bond motifs is 1. The highest BCUT2D eigenvalue weighted by Gasteiger charge is 2.41. The summed E-state index contributed by atoms with van der Waals surface area (Å²) < 4.78 is 42.0. The first kappa shape index (κ1) is 21.1. The van der Waals surface area contributed by atoms with Crippen molar-refractivity contribution in [3.63, 3.8) is 0 Å². The van der Waals surface area contributed by atoms with Crippen LogP contribution in [0.1, 0.15) is 37.2 Å². The SMILES string of the molecule is O=C(C1CC(c2c(-c3ccc(F)cc3)[nH]c3c(F)cc(F)cc23)C1)N1CCC[C@@H](CO)C1. The lowest BCUT2D eigenvalue weighted by Crippen LogP contribution is -2.46. The van der Waals surface area contributed by atoms with E-state index in [-0.39, 0.29) is 41.6 Å². The van der Waals surface area contributed by atoms with Crippen LogP contribution >= 0.6 is 0 Å². The maximum atomic E-state index is 14.5. The van der Waals surface area contributed by atoms with Crippen molar-refractivity contribution in [2.45, 2.75) is 31.6 Å². The van der Waals surface area contributed by atoms with Crippen LogP contribution in [-0.4, -0.2) is 40.6 Å². The molecule has 0 radical (unpaired) electrons. The molecule has 1 aliphatic heterocycles. The molecule has 1 saturated heterocycles. The van der Waals surface area contributed by atoms with Crippen LogP contribution in [0.3, 0.4) is 0 Å². The molecule has 2 heterocycles. The molecule has 32 heavy (non-hydrogen) atoms. The maximum Gasteiger partial charge on any atom is 0.225 e. The Hall–Kier alpha value is -2.80. The molecule has 4 nitrogen and oxygen atoms in total.